The predicted octanol–water partition coefficient (Wildman–Crippen LogP) is 5.22. The molecule has 1 heterocycles. The van der Waals surface area contributed by atoms with Gasteiger partial charge in [0.2, 0.25) is 0 Å². The second-order valence-corrected chi connectivity index (χ2v) is 7.36. The first-order valence-corrected chi connectivity index (χ1v) is 9.25. The number of hydrogen-bond acceptors (Lipinski definition) is 3. The zero-order chi connectivity index (χ0) is 20.6. The number of hydrogen-bond donors (Lipinski definition) is 1. The third-order valence-corrected chi connectivity index (χ3v) is 5.36. The first kappa shape index (κ1) is 20.5. The molecule has 0 bridgehead atoms. The van der Waals surface area contributed by atoms with Gasteiger partial charge in [-0.15, -0.1) is 0 Å². The van der Waals surface area contributed by atoms with Gasteiger partial charge in [-0.3, -0.25) is 14.5 Å². The van der Waals surface area contributed by atoms with E-state index in [1.54, 1.807) is 6.07 Å². The summed E-state index contributed by atoms with van der Waals surface area (Å²) in [6.45, 7) is 0. The Balaban J connectivity index is 1.86. The van der Waals surface area contributed by atoms with Crippen LogP contribution in [0.15, 0.2) is 48.2 Å². The molecule has 2 aromatic rings. The molecular formula is C18H11Cl4N3O3. The van der Waals surface area contributed by atoms with Crippen LogP contribution in [0.25, 0.3) is 0 Å². The summed E-state index contributed by atoms with van der Waals surface area (Å²) >= 11 is 23.6. The van der Waals surface area contributed by atoms with Crippen LogP contribution >= 0.6 is 46.4 Å². The standard InChI is InChI=1S/C18H11Cl4N3O3/c1-24-15(8-16(26)23-9-2-4-11(19)13(21)6-9)17(27)25(18(24)28)10-3-5-12(20)14(22)7-10/h2-8H,1H3,(H,23,26). The maximum Gasteiger partial charge on any atom is 0.336 e. The Kier molecular flexibility index (Phi) is 5.86. The van der Waals surface area contributed by atoms with Gasteiger partial charge in [-0.05, 0) is 36.4 Å². The molecule has 6 nitrogen and oxygen atoms in total. The molecule has 1 fully saturated rings. The summed E-state index contributed by atoms with van der Waals surface area (Å²) in [5.74, 6) is -1.28. The van der Waals surface area contributed by atoms with Crippen molar-refractivity contribution in [2.45, 2.75) is 0 Å². The Morgan fingerprint density at radius 1 is 0.929 bits per heavy atom. The molecule has 2 aromatic carbocycles. The van der Waals surface area contributed by atoms with Gasteiger partial charge in [0.05, 0.1) is 25.8 Å². The van der Waals surface area contributed by atoms with Gasteiger partial charge in [0, 0.05) is 18.8 Å². The van der Waals surface area contributed by atoms with Gasteiger partial charge in [-0.1, -0.05) is 46.4 Å². The van der Waals surface area contributed by atoms with Crippen LogP contribution in [0.2, 0.25) is 20.1 Å². The smallest absolute Gasteiger partial charge is 0.322 e. The van der Waals surface area contributed by atoms with E-state index in [1.807, 2.05) is 0 Å². The van der Waals surface area contributed by atoms with Crippen LogP contribution in [0.4, 0.5) is 16.2 Å². The molecule has 0 atom stereocenters. The molecule has 3 rings (SSSR count). The number of carbonyl (C=O) groups excluding carboxylic acids is 3. The fraction of sp³-hybridized carbons (Fsp3) is 0.0556. The molecule has 144 valence electrons. The molecule has 1 aliphatic rings. The summed E-state index contributed by atoms with van der Waals surface area (Å²) in [5, 5.41) is 3.64. The molecule has 1 aliphatic heterocycles. The number of urea groups is 1. The third-order valence-electron chi connectivity index (χ3n) is 3.88. The van der Waals surface area contributed by atoms with Crippen LogP contribution < -0.4 is 10.2 Å². The molecule has 4 amide bonds. The number of halogens is 4. The second kappa shape index (κ2) is 8.01. The first-order chi connectivity index (χ1) is 13.2. The second-order valence-electron chi connectivity index (χ2n) is 5.73. The van der Waals surface area contributed by atoms with Gasteiger partial charge in [0.15, 0.2) is 0 Å². The molecule has 1 saturated heterocycles. The highest BCUT2D eigenvalue weighted by Crippen LogP contribution is 2.32. The van der Waals surface area contributed by atoms with E-state index in [0.29, 0.717) is 10.7 Å². The van der Waals surface area contributed by atoms with Crippen molar-refractivity contribution in [1.29, 1.82) is 0 Å². The van der Waals surface area contributed by atoms with Crippen molar-refractivity contribution >= 4 is 75.6 Å². The Bertz CT molecular complexity index is 1040. The maximum absolute atomic E-state index is 12.7. The van der Waals surface area contributed by atoms with E-state index >= 15 is 0 Å². The number of anilines is 2. The molecule has 0 aliphatic carbocycles. The Labute approximate surface area is 180 Å². The lowest BCUT2D eigenvalue weighted by Gasteiger charge is -2.13. The third kappa shape index (κ3) is 3.95. The van der Waals surface area contributed by atoms with Crippen molar-refractivity contribution in [3.63, 3.8) is 0 Å². The lowest BCUT2D eigenvalue weighted by Crippen LogP contribution is -2.31. The van der Waals surface area contributed by atoms with Crippen LogP contribution in [0, 0.1) is 0 Å². The first-order valence-electron chi connectivity index (χ1n) is 7.74. The van der Waals surface area contributed by atoms with Gasteiger partial charge in [-0.25, -0.2) is 9.69 Å². The van der Waals surface area contributed by atoms with Crippen molar-refractivity contribution in [1.82, 2.24) is 4.90 Å². The normalized spacial score (nSPS) is 15.5. The van der Waals surface area contributed by atoms with E-state index < -0.39 is 17.8 Å². The van der Waals surface area contributed by atoms with Crippen LogP contribution in [0.1, 0.15) is 0 Å². The highest BCUT2D eigenvalue weighted by molar-refractivity contribution is 6.43. The topological polar surface area (TPSA) is 69.7 Å². The minimum Gasteiger partial charge on any atom is -0.322 e. The van der Waals surface area contributed by atoms with Crippen LogP contribution in [-0.2, 0) is 9.59 Å². The number of nitrogens with zero attached hydrogens (tertiary/aromatic N) is 2. The van der Waals surface area contributed by atoms with E-state index in [4.69, 9.17) is 46.4 Å². The summed E-state index contributed by atoms with van der Waals surface area (Å²) < 4.78 is 0. The summed E-state index contributed by atoms with van der Waals surface area (Å²) in [4.78, 5) is 39.5. The molecule has 0 spiro atoms. The zero-order valence-corrected chi connectivity index (χ0v) is 17.2. The fourth-order valence-corrected chi connectivity index (χ4v) is 3.08. The highest BCUT2D eigenvalue weighted by atomic mass is 35.5. The molecule has 1 N–H and O–H groups in total. The van der Waals surface area contributed by atoms with Crippen molar-refractivity contribution in [2.24, 2.45) is 0 Å². The van der Waals surface area contributed by atoms with E-state index in [2.05, 4.69) is 5.32 Å². The Morgan fingerprint density at radius 2 is 1.54 bits per heavy atom. The number of amides is 4. The minimum absolute atomic E-state index is 0.103. The van der Waals surface area contributed by atoms with E-state index in [0.717, 1.165) is 15.9 Å². The summed E-state index contributed by atoms with van der Waals surface area (Å²) in [6.07, 6.45) is 1.03. The van der Waals surface area contributed by atoms with Gasteiger partial charge < -0.3 is 5.32 Å². The summed E-state index contributed by atoms with van der Waals surface area (Å²) in [5.41, 5.74) is 0.523. The molecule has 10 heteroatoms. The average molecular weight is 459 g/mol. The zero-order valence-electron chi connectivity index (χ0n) is 14.2. The van der Waals surface area contributed by atoms with E-state index in [1.165, 1.54) is 37.4 Å². The van der Waals surface area contributed by atoms with E-state index in [-0.39, 0.29) is 26.5 Å². The molecular weight excluding hydrogens is 448 g/mol. The number of likely N-dealkylation sites (N-methyl/N-ethyl adjacent to an activating group) is 1. The molecule has 28 heavy (non-hydrogen) atoms. The summed E-state index contributed by atoms with van der Waals surface area (Å²) in [6, 6.07) is 8.26. The van der Waals surface area contributed by atoms with Gasteiger partial charge in [0.1, 0.15) is 5.70 Å². The van der Waals surface area contributed by atoms with Crippen molar-refractivity contribution in [3.8, 4) is 0 Å². The maximum atomic E-state index is 12.7. The monoisotopic (exact) mass is 457 g/mol. The van der Waals surface area contributed by atoms with Gasteiger partial charge >= 0.3 is 6.03 Å². The molecule has 0 radical (unpaired) electrons. The Morgan fingerprint density at radius 3 is 2.14 bits per heavy atom. The van der Waals surface area contributed by atoms with Crippen molar-refractivity contribution in [3.05, 3.63) is 68.3 Å². The molecule has 0 saturated carbocycles. The largest absolute Gasteiger partial charge is 0.336 e. The highest BCUT2D eigenvalue weighted by Gasteiger charge is 2.40. The van der Waals surface area contributed by atoms with Crippen LogP contribution in [-0.4, -0.2) is 29.8 Å². The number of benzene rings is 2. The van der Waals surface area contributed by atoms with Gasteiger partial charge in [-0.2, -0.15) is 0 Å². The van der Waals surface area contributed by atoms with Crippen LogP contribution in [0.3, 0.4) is 0 Å². The lowest BCUT2D eigenvalue weighted by atomic mass is 10.2. The fourth-order valence-electron chi connectivity index (χ4n) is 2.48. The average Bonchev–Trinajstić information content (AvgIpc) is 2.84. The molecule has 0 aromatic heterocycles. The predicted molar refractivity (Wildman–Crippen MR) is 110 cm³/mol. The van der Waals surface area contributed by atoms with Crippen LogP contribution in [0.5, 0.6) is 0 Å². The quantitative estimate of drug-likeness (QED) is 0.506. The minimum atomic E-state index is -0.671. The number of carbonyl (C=O) groups is 3. The number of nitrogens with one attached hydrogen (secondary N) is 1. The number of imide groups is 1. The number of rotatable bonds is 3. The molecule has 0 unspecified atom stereocenters. The lowest BCUT2D eigenvalue weighted by molar-refractivity contribution is -0.115. The Hall–Kier alpha value is -2.25. The summed E-state index contributed by atoms with van der Waals surface area (Å²) in [7, 11) is 1.38. The van der Waals surface area contributed by atoms with Crippen molar-refractivity contribution < 1.29 is 14.4 Å². The van der Waals surface area contributed by atoms with Gasteiger partial charge in [0.25, 0.3) is 11.8 Å². The SMILES string of the molecule is CN1C(=O)N(c2ccc(Cl)c(Cl)c2)C(=O)C1=CC(=O)Nc1ccc(Cl)c(Cl)c1. The van der Waals surface area contributed by atoms with E-state index in [9.17, 15) is 14.4 Å². The van der Waals surface area contributed by atoms with Crippen molar-refractivity contribution in [2.75, 3.05) is 17.3 Å².